The number of nitrogens with two attached hydrogens (primary N) is 1. The van der Waals surface area contributed by atoms with E-state index in [9.17, 15) is 24.1 Å². The van der Waals surface area contributed by atoms with Crippen molar-refractivity contribution in [2.24, 2.45) is 5.73 Å². The zero-order chi connectivity index (χ0) is 36.3. The van der Waals surface area contributed by atoms with E-state index in [2.05, 4.69) is 38.2 Å². The van der Waals surface area contributed by atoms with E-state index in [4.69, 9.17) is 19.3 Å². The number of carboxylic acid groups (broad SMARTS) is 1. The van der Waals surface area contributed by atoms with Crippen LogP contribution in [0.15, 0.2) is 24.3 Å². The van der Waals surface area contributed by atoms with E-state index in [1.54, 1.807) is 0 Å². The number of allylic oxidation sites excluding steroid dienone is 4. The Bertz CT molecular complexity index is 872. The molecule has 0 amide bonds. The summed E-state index contributed by atoms with van der Waals surface area (Å²) >= 11 is 0. The molecule has 0 saturated carbocycles. The van der Waals surface area contributed by atoms with Crippen molar-refractivity contribution in [3.63, 3.8) is 0 Å². The van der Waals surface area contributed by atoms with Crippen LogP contribution in [0.2, 0.25) is 0 Å². The quantitative estimate of drug-likeness (QED) is 0.0302. The molecule has 0 aromatic rings. The van der Waals surface area contributed by atoms with Crippen LogP contribution in [0.4, 0.5) is 0 Å². The third kappa shape index (κ3) is 35.4. The average Bonchev–Trinajstić information content (AvgIpc) is 3.07. The Morgan fingerprint density at radius 2 is 0.860 bits per heavy atom. The SMILES string of the molecule is CCCCCCCC/C=C\CCCCCCCC(=O)OP(=O)(OC[C@H](N)C(=O)[O-])OC(=O)CCCCCCC/C=C\CCCCCCCC.[Na+]. The third-order valence-corrected chi connectivity index (χ3v) is 9.75. The van der Waals surface area contributed by atoms with Gasteiger partial charge in [-0.1, -0.05) is 141 Å². The molecule has 0 aliphatic carbocycles. The van der Waals surface area contributed by atoms with Crippen LogP contribution in [-0.4, -0.2) is 30.6 Å². The summed E-state index contributed by atoms with van der Waals surface area (Å²) < 4.78 is 28.0. The summed E-state index contributed by atoms with van der Waals surface area (Å²) in [7, 11) is -4.69. The minimum atomic E-state index is -4.69. The van der Waals surface area contributed by atoms with E-state index >= 15 is 0 Å². The van der Waals surface area contributed by atoms with E-state index in [-0.39, 0.29) is 42.4 Å². The fourth-order valence-corrected chi connectivity index (χ4v) is 6.50. The van der Waals surface area contributed by atoms with Crippen molar-refractivity contribution >= 4 is 25.7 Å². The van der Waals surface area contributed by atoms with E-state index in [1.165, 1.54) is 77.0 Å². The second-order valence-corrected chi connectivity index (χ2v) is 14.8. The molecule has 0 aromatic carbocycles. The maximum Gasteiger partial charge on any atom is 1.00 e. The van der Waals surface area contributed by atoms with Crippen LogP contribution < -0.4 is 40.4 Å². The zero-order valence-corrected chi connectivity index (χ0v) is 35.1. The number of rotatable bonds is 36. The number of hydrogen-bond acceptors (Lipinski definition) is 9. The Morgan fingerprint density at radius 3 is 1.18 bits per heavy atom. The average molecular weight is 736 g/mol. The predicted octanol–water partition coefficient (Wildman–Crippen LogP) is 7.35. The largest absolute Gasteiger partial charge is 1.00 e. The molecule has 11 heteroatoms. The van der Waals surface area contributed by atoms with Crippen LogP contribution in [0.5, 0.6) is 0 Å². The number of unbranched alkanes of at least 4 members (excludes halogenated alkanes) is 22. The topological polar surface area (TPSA) is 145 Å². The Hall–Kier alpha value is -0.960. The number of carbonyl (C=O) groups is 3. The van der Waals surface area contributed by atoms with Crippen LogP contribution in [0.1, 0.15) is 194 Å². The van der Waals surface area contributed by atoms with Gasteiger partial charge in [0.25, 0.3) is 0 Å². The summed E-state index contributed by atoms with van der Waals surface area (Å²) in [5.74, 6) is -3.31. The van der Waals surface area contributed by atoms with Crippen molar-refractivity contribution in [2.45, 2.75) is 200 Å². The molecule has 0 aromatic heterocycles. The van der Waals surface area contributed by atoms with Gasteiger partial charge in [-0.3, -0.25) is 14.1 Å². The van der Waals surface area contributed by atoms with Crippen molar-refractivity contribution in [2.75, 3.05) is 6.61 Å². The fraction of sp³-hybridized carbons (Fsp3) is 0.821. The van der Waals surface area contributed by atoms with Crippen molar-refractivity contribution in [3.05, 3.63) is 24.3 Å². The first-order chi connectivity index (χ1) is 23.7. The number of aliphatic carboxylic acids is 1. The van der Waals surface area contributed by atoms with E-state index in [1.807, 2.05) is 0 Å². The molecule has 0 rings (SSSR count). The molecule has 0 heterocycles. The van der Waals surface area contributed by atoms with Crippen LogP contribution in [-0.2, 0) is 32.5 Å². The Labute approximate surface area is 327 Å². The van der Waals surface area contributed by atoms with Gasteiger partial charge in [-0.05, 0) is 64.2 Å². The van der Waals surface area contributed by atoms with Gasteiger partial charge < -0.3 is 24.7 Å². The second-order valence-electron chi connectivity index (χ2n) is 13.3. The normalized spacial score (nSPS) is 12.3. The molecule has 286 valence electrons. The molecule has 0 bridgehead atoms. The van der Waals surface area contributed by atoms with Gasteiger partial charge >= 0.3 is 49.3 Å². The van der Waals surface area contributed by atoms with Crippen LogP contribution >= 0.6 is 7.82 Å². The summed E-state index contributed by atoms with van der Waals surface area (Å²) in [4.78, 5) is 35.8. The van der Waals surface area contributed by atoms with E-state index in [0.717, 1.165) is 77.0 Å². The summed E-state index contributed by atoms with van der Waals surface area (Å²) in [6.07, 6.45) is 38.0. The molecule has 9 nitrogen and oxygen atoms in total. The first-order valence-corrected chi connectivity index (χ1v) is 21.2. The number of hydrogen-bond donors (Lipinski definition) is 1. The van der Waals surface area contributed by atoms with Gasteiger partial charge in [-0.25, -0.2) is 4.57 Å². The van der Waals surface area contributed by atoms with Gasteiger partial charge in [0.15, 0.2) is 0 Å². The molecule has 0 saturated heterocycles. The Kier molecular flexibility index (Phi) is 38.7. The third-order valence-electron chi connectivity index (χ3n) is 8.43. The summed E-state index contributed by atoms with van der Waals surface area (Å²) in [6, 6.07) is -1.62. The molecular weight excluding hydrogens is 664 g/mol. The van der Waals surface area contributed by atoms with Gasteiger partial charge in [0, 0.05) is 12.8 Å². The van der Waals surface area contributed by atoms with Gasteiger partial charge in [-0.2, -0.15) is 0 Å². The molecule has 0 radical (unpaired) electrons. The molecule has 0 aliphatic heterocycles. The molecule has 50 heavy (non-hydrogen) atoms. The van der Waals surface area contributed by atoms with Crippen molar-refractivity contribution in [3.8, 4) is 0 Å². The van der Waals surface area contributed by atoms with E-state index in [0.29, 0.717) is 12.8 Å². The van der Waals surface area contributed by atoms with E-state index < -0.39 is 38.4 Å². The monoisotopic (exact) mass is 735 g/mol. The summed E-state index contributed by atoms with van der Waals surface area (Å²) in [5.41, 5.74) is 5.39. The summed E-state index contributed by atoms with van der Waals surface area (Å²) in [5, 5.41) is 11.0. The molecule has 0 aliphatic rings. The molecule has 0 fully saturated rings. The number of carbonyl (C=O) groups excluding carboxylic acids is 3. The van der Waals surface area contributed by atoms with Crippen molar-refractivity contribution in [1.29, 1.82) is 0 Å². The van der Waals surface area contributed by atoms with Crippen LogP contribution in [0.3, 0.4) is 0 Å². The number of carboxylic acids is 1. The van der Waals surface area contributed by atoms with Gasteiger partial charge in [-0.15, -0.1) is 0 Å². The maximum absolute atomic E-state index is 13.1. The molecule has 0 spiro atoms. The van der Waals surface area contributed by atoms with Crippen LogP contribution in [0.25, 0.3) is 0 Å². The minimum Gasteiger partial charge on any atom is -0.548 e. The molecule has 2 N–H and O–H groups in total. The zero-order valence-electron chi connectivity index (χ0n) is 32.2. The van der Waals surface area contributed by atoms with Crippen LogP contribution in [0, 0.1) is 0 Å². The predicted molar refractivity (Wildman–Crippen MR) is 198 cm³/mol. The summed E-state index contributed by atoms with van der Waals surface area (Å²) in [6.45, 7) is 3.68. The first-order valence-electron chi connectivity index (χ1n) is 19.7. The standard InChI is InChI=1S/C39H72NO8P.Na/c1-3-5-7-9-11-13-15-17-19-21-23-25-27-29-31-33-37(41)47-49(45,46-35-36(40)39(43)44)48-38(42)34-32-30-28-26-24-22-20-18-16-14-12-10-8-6-4-2;/h17-20,36H,3-16,21-35,40H2,1-2H3,(H,43,44);/q;+1/p-1/b19-17-,20-18-;/t36-;/m0./s1. The van der Waals surface area contributed by atoms with Gasteiger partial charge in [0.05, 0.1) is 18.6 Å². The first kappa shape index (κ1) is 51.1. The Morgan fingerprint density at radius 1 is 0.560 bits per heavy atom. The van der Waals surface area contributed by atoms with Gasteiger partial charge in [0.1, 0.15) is 0 Å². The minimum absolute atomic E-state index is 0. The number of phosphoric ester groups is 1. The Balaban J connectivity index is 0. The number of phosphoric acid groups is 1. The van der Waals surface area contributed by atoms with Gasteiger partial charge in [0.2, 0.25) is 0 Å². The molecular formula is C39H71NNaO8P. The maximum atomic E-state index is 13.1. The second kappa shape index (κ2) is 37.8. The molecule has 1 atom stereocenters. The van der Waals surface area contributed by atoms with Crippen molar-refractivity contribution < 1.29 is 67.2 Å². The smallest absolute Gasteiger partial charge is 0.548 e. The molecule has 0 unspecified atom stereocenters. The fourth-order valence-electron chi connectivity index (χ4n) is 5.33. The van der Waals surface area contributed by atoms with Crippen molar-refractivity contribution in [1.82, 2.24) is 0 Å².